The number of hydrogen-bond donors (Lipinski definition) is 2. The zero-order valence-electron chi connectivity index (χ0n) is 15.4. The van der Waals surface area contributed by atoms with E-state index in [1.807, 2.05) is 0 Å². The molecule has 4 rings (SSSR count). The fourth-order valence-electron chi connectivity index (χ4n) is 4.58. The molecule has 136 valence electrons. The first-order valence-electron chi connectivity index (χ1n) is 10.0. The molecule has 2 aromatic heterocycles. The molecule has 5 heteroatoms. The van der Waals surface area contributed by atoms with E-state index in [1.54, 1.807) is 11.3 Å². The summed E-state index contributed by atoms with van der Waals surface area (Å²) in [7, 11) is 0. The minimum absolute atomic E-state index is 0.0770. The lowest BCUT2D eigenvalue weighted by atomic mass is 9.89. The van der Waals surface area contributed by atoms with Gasteiger partial charge in [0.25, 0.3) is 5.56 Å². The Morgan fingerprint density at radius 1 is 1.20 bits per heavy atom. The molecule has 2 atom stereocenters. The Morgan fingerprint density at radius 3 is 2.72 bits per heavy atom. The predicted molar refractivity (Wildman–Crippen MR) is 103 cm³/mol. The number of thiophene rings is 1. The van der Waals surface area contributed by atoms with E-state index in [0.717, 1.165) is 34.8 Å². The number of quaternary nitrogens is 1. The van der Waals surface area contributed by atoms with Gasteiger partial charge in [0.05, 0.1) is 11.4 Å². The summed E-state index contributed by atoms with van der Waals surface area (Å²) in [4.78, 5) is 23.1. The molecule has 3 N–H and O–H groups in total. The third kappa shape index (κ3) is 3.54. The minimum Gasteiger partial charge on any atom is -0.335 e. The van der Waals surface area contributed by atoms with Crippen molar-refractivity contribution >= 4 is 21.6 Å². The van der Waals surface area contributed by atoms with Crippen molar-refractivity contribution in [1.29, 1.82) is 0 Å². The average molecular weight is 361 g/mol. The molecule has 0 aliphatic heterocycles. The third-order valence-electron chi connectivity index (χ3n) is 6.08. The molecule has 0 bridgehead atoms. The van der Waals surface area contributed by atoms with Gasteiger partial charge in [0.1, 0.15) is 10.9 Å². The standard InChI is InChI=1S/C20H29N3OS/c1-12-9-10-15-16(11-12)25-20-17(15)19(24)22-18(23-20)13(2)21-14-7-5-3-4-6-8-14/h12-14,21H,3-11H2,1-2H3,(H,22,23,24)/p+1/t12-,13-/m0/s1. The fraction of sp³-hybridized carbons (Fsp3) is 0.700. The van der Waals surface area contributed by atoms with E-state index in [4.69, 9.17) is 4.98 Å². The molecule has 2 aromatic rings. The number of aromatic nitrogens is 2. The molecule has 0 aromatic carbocycles. The Labute approximate surface area is 153 Å². The minimum atomic E-state index is 0.0770. The molecule has 0 spiro atoms. The van der Waals surface area contributed by atoms with Crippen molar-refractivity contribution in [2.45, 2.75) is 83.7 Å². The summed E-state index contributed by atoms with van der Waals surface area (Å²) in [5, 5.41) is 3.31. The fourth-order valence-corrected chi connectivity index (χ4v) is 5.97. The summed E-state index contributed by atoms with van der Waals surface area (Å²) in [5.41, 5.74) is 1.35. The Kier molecular flexibility index (Phi) is 4.96. The quantitative estimate of drug-likeness (QED) is 0.824. The van der Waals surface area contributed by atoms with E-state index in [9.17, 15) is 4.79 Å². The number of hydrogen-bond acceptors (Lipinski definition) is 3. The van der Waals surface area contributed by atoms with Crippen molar-refractivity contribution in [1.82, 2.24) is 9.97 Å². The highest BCUT2D eigenvalue weighted by Gasteiger charge is 2.25. The molecule has 1 fully saturated rings. The summed E-state index contributed by atoms with van der Waals surface area (Å²) < 4.78 is 0. The highest BCUT2D eigenvalue weighted by atomic mass is 32.1. The molecule has 25 heavy (non-hydrogen) atoms. The van der Waals surface area contributed by atoms with Crippen LogP contribution in [0, 0.1) is 5.92 Å². The Bertz CT molecular complexity index is 801. The molecule has 1 saturated carbocycles. The van der Waals surface area contributed by atoms with Gasteiger partial charge in [-0.25, -0.2) is 4.98 Å². The van der Waals surface area contributed by atoms with Crippen LogP contribution in [0.4, 0.5) is 0 Å². The van der Waals surface area contributed by atoms with Crippen LogP contribution in [0.1, 0.15) is 81.1 Å². The molecule has 2 heterocycles. The number of aromatic amines is 1. The van der Waals surface area contributed by atoms with Gasteiger partial charge < -0.3 is 10.3 Å². The number of H-pyrrole nitrogens is 1. The van der Waals surface area contributed by atoms with Crippen LogP contribution in [0.3, 0.4) is 0 Å². The molecule has 0 amide bonds. The van der Waals surface area contributed by atoms with Gasteiger partial charge in [-0.3, -0.25) is 4.79 Å². The maximum atomic E-state index is 12.8. The first-order chi connectivity index (χ1) is 12.1. The van der Waals surface area contributed by atoms with E-state index in [-0.39, 0.29) is 11.6 Å². The van der Waals surface area contributed by atoms with Crippen molar-refractivity contribution in [2.75, 3.05) is 0 Å². The van der Waals surface area contributed by atoms with Gasteiger partial charge in [-0.2, -0.15) is 0 Å². The number of nitrogens with one attached hydrogen (secondary N) is 1. The highest BCUT2D eigenvalue weighted by Crippen LogP contribution is 2.35. The summed E-state index contributed by atoms with van der Waals surface area (Å²) in [6.07, 6.45) is 11.3. The third-order valence-corrected chi connectivity index (χ3v) is 7.22. The lowest BCUT2D eigenvalue weighted by Crippen LogP contribution is -2.90. The van der Waals surface area contributed by atoms with Gasteiger partial charge in [0, 0.05) is 4.88 Å². The van der Waals surface area contributed by atoms with Gasteiger partial charge in [-0.1, -0.05) is 19.8 Å². The van der Waals surface area contributed by atoms with Gasteiger partial charge >= 0.3 is 0 Å². The molecule has 2 aliphatic rings. The van der Waals surface area contributed by atoms with Crippen LogP contribution >= 0.6 is 11.3 Å². The second-order valence-corrected chi connectivity index (χ2v) is 9.30. The largest absolute Gasteiger partial charge is 0.335 e. The Morgan fingerprint density at radius 2 is 1.96 bits per heavy atom. The first kappa shape index (κ1) is 17.2. The van der Waals surface area contributed by atoms with Gasteiger partial charge in [-0.05, 0) is 63.4 Å². The first-order valence-corrected chi connectivity index (χ1v) is 10.8. The van der Waals surface area contributed by atoms with E-state index in [2.05, 4.69) is 24.1 Å². The second-order valence-electron chi connectivity index (χ2n) is 8.22. The van der Waals surface area contributed by atoms with Crippen LogP contribution in [0.25, 0.3) is 10.2 Å². The van der Waals surface area contributed by atoms with E-state index in [1.165, 1.54) is 55.4 Å². The maximum Gasteiger partial charge on any atom is 0.260 e. The van der Waals surface area contributed by atoms with Crippen molar-refractivity contribution < 1.29 is 5.32 Å². The summed E-state index contributed by atoms with van der Waals surface area (Å²) in [6, 6.07) is 0.897. The van der Waals surface area contributed by atoms with Crippen molar-refractivity contribution in [3.05, 3.63) is 26.6 Å². The Hall–Kier alpha value is -1.20. The summed E-state index contributed by atoms with van der Waals surface area (Å²) in [5.74, 6) is 1.58. The van der Waals surface area contributed by atoms with Crippen molar-refractivity contribution in [2.24, 2.45) is 5.92 Å². The zero-order valence-corrected chi connectivity index (χ0v) is 16.3. The van der Waals surface area contributed by atoms with Crippen LogP contribution in [0.2, 0.25) is 0 Å². The normalized spacial score (nSPS) is 23.4. The number of aryl methyl sites for hydroxylation is 1. The monoisotopic (exact) mass is 360 g/mol. The molecular weight excluding hydrogens is 330 g/mol. The maximum absolute atomic E-state index is 12.8. The van der Waals surface area contributed by atoms with Crippen LogP contribution in [-0.4, -0.2) is 16.0 Å². The van der Waals surface area contributed by atoms with Crippen LogP contribution in [0.15, 0.2) is 4.79 Å². The van der Waals surface area contributed by atoms with Crippen molar-refractivity contribution in [3.8, 4) is 0 Å². The summed E-state index contributed by atoms with van der Waals surface area (Å²) >= 11 is 1.75. The summed E-state index contributed by atoms with van der Waals surface area (Å²) in [6.45, 7) is 4.49. The second kappa shape index (κ2) is 7.20. The SMILES string of the molecule is C[C@H]1CCc2c(sc3nc([C@H](C)[NH2+]C4CCCCCC4)[nH]c(=O)c23)C1. The zero-order chi connectivity index (χ0) is 17.4. The highest BCUT2D eigenvalue weighted by molar-refractivity contribution is 7.18. The molecular formula is C20H30N3OS+. The molecule has 4 nitrogen and oxygen atoms in total. The topological polar surface area (TPSA) is 62.4 Å². The van der Waals surface area contributed by atoms with Crippen LogP contribution in [-0.2, 0) is 12.8 Å². The van der Waals surface area contributed by atoms with Gasteiger partial charge in [0.15, 0.2) is 5.82 Å². The molecule has 0 radical (unpaired) electrons. The number of nitrogens with two attached hydrogens (primary N) is 1. The van der Waals surface area contributed by atoms with Gasteiger partial charge in [-0.15, -0.1) is 11.3 Å². The smallest absolute Gasteiger partial charge is 0.260 e. The van der Waals surface area contributed by atoms with Crippen molar-refractivity contribution in [3.63, 3.8) is 0 Å². The van der Waals surface area contributed by atoms with E-state index in [0.29, 0.717) is 6.04 Å². The number of nitrogens with zero attached hydrogens (tertiary/aromatic N) is 1. The average Bonchev–Trinajstić information content (AvgIpc) is 2.75. The van der Waals surface area contributed by atoms with E-state index < -0.39 is 0 Å². The Balaban J connectivity index is 1.61. The molecule has 2 aliphatic carbocycles. The lowest BCUT2D eigenvalue weighted by molar-refractivity contribution is -0.727. The number of fused-ring (bicyclic) bond motifs is 3. The molecule has 0 unspecified atom stereocenters. The van der Waals surface area contributed by atoms with E-state index >= 15 is 0 Å². The lowest BCUT2D eigenvalue weighted by Gasteiger charge is -2.18. The van der Waals surface area contributed by atoms with Gasteiger partial charge in [0.2, 0.25) is 0 Å². The number of rotatable bonds is 3. The van der Waals surface area contributed by atoms with Crippen LogP contribution < -0.4 is 10.9 Å². The predicted octanol–water partition coefficient (Wildman–Crippen LogP) is 3.46. The molecule has 0 saturated heterocycles. The van der Waals surface area contributed by atoms with Crippen LogP contribution in [0.5, 0.6) is 0 Å².